The van der Waals surface area contributed by atoms with Crippen molar-refractivity contribution < 1.29 is 23.9 Å². The molecule has 50 heavy (non-hydrogen) atoms. The summed E-state index contributed by atoms with van der Waals surface area (Å²) in [6.45, 7) is 17.8. The fourth-order valence-electron chi connectivity index (χ4n) is 6.74. The summed E-state index contributed by atoms with van der Waals surface area (Å²) >= 11 is 1.69. The van der Waals surface area contributed by atoms with Gasteiger partial charge in [0.25, 0.3) is 0 Å². The fraction of sp³-hybridized carbons (Fsp3) is 0.605. The van der Waals surface area contributed by atoms with E-state index in [9.17, 15) is 19.2 Å². The number of ether oxygens (including phenoxy) is 2. The third-order valence-corrected chi connectivity index (χ3v) is 10.3. The summed E-state index contributed by atoms with van der Waals surface area (Å²) in [5, 5.41) is 3.22. The number of aromatic amines is 1. The number of hydrogen-bond donors (Lipinski definition) is 2. The first kappa shape index (κ1) is 38.9. The molecule has 3 heterocycles. The number of H-pyrrole nitrogens is 1. The Balaban J connectivity index is 0.000000186. The van der Waals surface area contributed by atoms with Gasteiger partial charge in [-0.3, -0.25) is 19.1 Å². The quantitative estimate of drug-likeness (QED) is 0.190. The van der Waals surface area contributed by atoms with Gasteiger partial charge < -0.3 is 20.2 Å². The molecule has 12 heteroatoms. The lowest BCUT2D eigenvalue weighted by atomic mass is 9.87. The minimum Gasteiger partial charge on any atom is -0.466 e. The maximum atomic E-state index is 12.3. The van der Waals surface area contributed by atoms with Gasteiger partial charge in [-0.25, -0.2) is 14.6 Å². The Labute approximate surface area is 299 Å². The third kappa shape index (κ3) is 9.64. The third-order valence-electron chi connectivity index (χ3n) is 9.40. The first-order valence-electron chi connectivity index (χ1n) is 17.9. The number of para-hydroxylation sites is 1. The van der Waals surface area contributed by atoms with Crippen molar-refractivity contribution in [3.63, 3.8) is 0 Å². The number of esters is 1. The summed E-state index contributed by atoms with van der Waals surface area (Å²) in [5.41, 5.74) is 8.83. The first-order chi connectivity index (χ1) is 23.7. The van der Waals surface area contributed by atoms with Gasteiger partial charge in [-0.2, -0.15) is 0 Å². The van der Waals surface area contributed by atoms with E-state index in [1.165, 1.54) is 42.7 Å². The largest absolute Gasteiger partial charge is 0.466 e. The summed E-state index contributed by atoms with van der Waals surface area (Å²) in [7, 11) is 0. The van der Waals surface area contributed by atoms with Crippen LogP contribution in [0.2, 0.25) is 0 Å². The van der Waals surface area contributed by atoms with Crippen molar-refractivity contribution in [2.45, 2.75) is 117 Å². The molecule has 3 aliphatic rings. The molecule has 6 rings (SSSR count). The van der Waals surface area contributed by atoms with Crippen LogP contribution in [0.3, 0.4) is 0 Å². The number of hydrogen-bond acceptors (Lipinski definition) is 8. The molecule has 2 saturated carbocycles. The molecule has 2 aromatic heterocycles. The molecule has 11 nitrogen and oxygen atoms in total. The molecule has 1 aromatic carbocycles. The predicted molar refractivity (Wildman–Crippen MR) is 198 cm³/mol. The van der Waals surface area contributed by atoms with E-state index >= 15 is 0 Å². The minimum atomic E-state index is -0.550. The zero-order chi connectivity index (χ0) is 36.7. The molecule has 3 aromatic rings. The average molecular weight is 710 g/mol. The summed E-state index contributed by atoms with van der Waals surface area (Å²) in [6, 6.07) is 5.69. The summed E-state index contributed by atoms with van der Waals surface area (Å²) in [4.78, 5) is 55.7. The van der Waals surface area contributed by atoms with Gasteiger partial charge in [0.15, 0.2) is 0 Å². The Morgan fingerprint density at radius 1 is 1.16 bits per heavy atom. The van der Waals surface area contributed by atoms with E-state index < -0.39 is 23.6 Å². The van der Waals surface area contributed by atoms with Gasteiger partial charge in [0.1, 0.15) is 16.7 Å². The van der Waals surface area contributed by atoms with Crippen molar-refractivity contribution in [2.75, 3.05) is 13.2 Å². The van der Waals surface area contributed by atoms with Crippen LogP contribution in [-0.4, -0.2) is 62.2 Å². The Morgan fingerprint density at radius 3 is 2.44 bits per heavy atom. The number of carbonyl (C=O) groups excluding carboxylic acids is 3. The molecule has 4 atom stereocenters. The number of aromatic nitrogens is 3. The molecule has 0 radical (unpaired) electrons. The smallest absolute Gasteiger partial charge is 0.410 e. The molecule has 1 aliphatic heterocycles. The molecule has 1 saturated heterocycles. The maximum Gasteiger partial charge on any atom is 0.410 e. The van der Waals surface area contributed by atoms with E-state index in [0.29, 0.717) is 25.0 Å². The number of carbonyl (C=O) groups is 3. The molecular formula is C38H55N5O6S. The van der Waals surface area contributed by atoms with Crippen LogP contribution >= 0.6 is 11.3 Å². The highest BCUT2D eigenvalue weighted by molar-refractivity contribution is 7.13. The lowest BCUT2D eigenvalue weighted by molar-refractivity contribution is -0.144. The molecular weight excluding hydrogens is 655 g/mol. The van der Waals surface area contributed by atoms with Crippen LogP contribution in [0.1, 0.15) is 111 Å². The number of allylic oxidation sites excluding steroid dienone is 1. The van der Waals surface area contributed by atoms with Crippen molar-refractivity contribution in [2.24, 2.45) is 23.5 Å². The van der Waals surface area contributed by atoms with Crippen LogP contribution in [-0.2, 0) is 19.1 Å². The molecule has 0 spiro atoms. The first-order valence-corrected chi connectivity index (χ1v) is 18.8. The van der Waals surface area contributed by atoms with Crippen LogP contribution in [0.15, 0.2) is 41.0 Å². The van der Waals surface area contributed by atoms with Gasteiger partial charge in [-0.05, 0) is 91.2 Å². The van der Waals surface area contributed by atoms with Gasteiger partial charge in [-0.1, -0.05) is 38.3 Å². The van der Waals surface area contributed by atoms with Crippen molar-refractivity contribution in [3.05, 3.63) is 52.4 Å². The topological polar surface area (TPSA) is 150 Å². The molecule has 2 amide bonds. The zero-order valence-corrected chi connectivity index (χ0v) is 31.5. The number of primary amides is 1. The fourth-order valence-corrected chi connectivity index (χ4v) is 7.67. The van der Waals surface area contributed by atoms with Gasteiger partial charge in [0, 0.05) is 29.4 Å². The Bertz CT molecular complexity index is 1690. The van der Waals surface area contributed by atoms with E-state index in [0.717, 1.165) is 34.4 Å². The zero-order valence-electron chi connectivity index (χ0n) is 30.7. The number of nitrogens with zero attached hydrogens (tertiary/aromatic N) is 3. The number of fused-ring (bicyclic) bond motifs is 1. The normalized spacial score (nSPS) is 21.9. The monoisotopic (exact) mass is 709 g/mol. The van der Waals surface area contributed by atoms with E-state index in [2.05, 4.69) is 23.0 Å². The van der Waals surface area contributed by atoms with Crippen molar-refractivity contribution in [3.8, 4) is 10.6 Å². The number of thiazole rings is 1. The number of likely N-dealkylation sites (tertiary alicyclic amines) is 1. The van der Waals surface area contributed by atoms with Crippen LogP contribution < -0.4 is 11.4 Å². The minimum absolute atomic E-state index is 0.0449. The molecule has 3 unspecified atom stereocenters. The predicted octanol–water partition coefficient (Wildman–Crippen LogP) is 7.57. The highest BCUT2D eigenvalue weighted by Crippen LogP contribution is 2.40. The number of nitrogens with two attached hydrogens (primary N) is 1. The van der Waals surface area contributed by atoms with Crippen LogP contribution in [0.5, 0.6) is 0 Å². The van der Waals surface area contributed by atoms with Crippen LogP contribution in [0.4, 0.5) is 4.79 Å². The van der Waals surface area contributed by atoms with E-state index in [4.69, 9.17) is 20.2 Å². The average Bonchev–Trinajstić information content (AvgIpc) is 3.32. The number of imidazole rings is 1. The second-order valence-electron chi connectivity index (χ2n) is 14.8. The van der Waals surface area contributed by atoms with Gasteiger partial charge in [-0.15, -0.1) is 17.9 Å². The molecule has 3 fully saturated rings. The summed E-state index contributed by atoms with van der Waals surface area (Å²) in [5.74, 6) is 0.701. The van der Waals surface area contributed by atoms with E-state index in [1.54, 1.807) is 32.1 Å². The Hall–Kier alpha value is -3.93. The van der Waals surface area contributed by atoms with Crippen molar-refractivity contribution >= 4 is 40.3 Å². The van der Waals surface area contributed by atoms with Crippen LogP contribution in [0.25, 0.3) is 21.6 Å². The Kier molecular flexibility index (Phi) is 13.1. The second-order valence-corrected chi connectivity index (χ2v) is 15.6. The van der Waals surface area contributed by atoms with Gasteiger partial charge in [0.2, 0.25) is 5.91 Å². The highest BCUT2D eigenvalue weighted by Gasteiger charge is 2.42. The van der Waals surface area contributed by atoms with Gasteiger partial charge >= 0.3 is 17.8 Å². The van der Waals surface area contributed by atoms with Crippen molar-refractivity contribution in [1.82, 2.24) is 19.4 Å². The van der Waals surface area contributed by atoms with Gasteiger partial charge in [0.05, 0.1) is 29.3 Å². The summed E-state index contributed by atoms with van der Waals surface area (Å²) < 4.78 is 11.9. The Morgan fingerprint density at radius 2 is 1.86 bits per heavy atom. The van der Waals surface area contributed by atoms with Crippen LogP contribution in [0, 0.1) is 17.8 Å². The van der Waals surface area contributed by atoms with E-state index in [1.807, 2.05) is 50.5 Å². The lowest BCUT2D eigenvalue weighted by Gasteiger charge is -2.28. The summed E-state index contributed by atoms with van der Waals surface area (Å²) in [6.07, 6.45) is 9.59. The maximum absolute atomic E-state index is 12.3. The number of nitrogens with one attached hydrogen (secondary N) is 1. The molecule has 274 valence electrons. The SMILES string of the molecule is C=CC1C[C@@H]1C(=O)OCC.CC(C)n1c(=O)[nH]c2c(-c3nc(C4CCCCC4)cs3)cccc21.CC1CCN(C(=O)OC(C)(C)C)C1C(N)=O. The number of amides is 2. The van der Waals surface area contributed by atoms with Crippen molar-refractivity contribution in [1.29, 1.82) is 0 Å². The highest BCUT2D eigenvalue weighted by atomic mass is 32.1. The number of rotatable bonds is 7. The lowest BCUT2D eigenvalue weighted by Crippen LogP contribution is -2.47. The molecule has 0 bridgehead atoms. The number of benzene rings is 1. The van der Waals surface area contributed by atoms with E-state index in [-0.39, 0.29) is 29.5 Å². The standard InChI is InChI=1S/C19H23N3OS.C11H20N2O3.C8H12O2/c1-12(2)22-16-10-6-9-14(17(16)21-19(22)23)18-20-15(11-24-18)13-7-4-3-5-8-13;1-7-5-6-13(8(7)9(12)14)10(15)16-11(2,3)4;1-3-6-5-7(6)8(9)10-4-2/h6,9-13H,3-5,7-8H2,1-2H3,(H,21,23);7-8H,5-6H2,1-4H3,(H2,12,14);3,6-7H,1,4-5H2,2H3/t;;6?,7-/m..0/s1. The molecule has 3 N–H and O–H groups in total. The molecule has 2 aliphatic carbocycles. The second kappa shape index (κ2) is 16.9.